The van der Waals surface area contributed by atoms with E-state index in [-0.39, 0.29) is 11.4 Å². The molecule has 0 saturated carbocycles. The fraction of sp³-hybridized carbons (Fsp3) is 0.571. The Labute approximate surface area is 103 Å². The third-order valence-corrected chi connectivity index (χ3v) is 2.88. The molecule has 0 bridgehead atoms. The second-order valence-electron chi connectivity index (χ2n) is 5.09. The third-order valence-electron chi connectivity index (χ3n) is 2.88. The molecule has 0 amide bonds. The van der Waals surface area contributed by atoms with E-state index in [1.165, 1.54) is 12.1 Å². The standard InChI is InChI=1S/C14H22FNO/c1-4-8-14(2,3)16-10-13(17)11-6-5-7-12(15)9-11/h5-7,9,13,16-17H,4,8,10H2,1-3H3/t13-/m0/s1. The summed E-state index contributed by atoms with van der Waals surface area (Å²) in [6, 6.07) is 6.11. The quantitative estimate of drug-likeness (QED) is 0.799. The Hall–Kier alpha value is -0.930. The second kappa shape index (κ2) is 6.12. The highest BCUT2D eigenvalue weighted by Crippen LogP contribution is 2.16. The van der Waals surface area contributed by atoms with Crippen LogP contribution >= 0.6 is 0 Å². The molecule has 0 saturated heterocycles. The van der Waals surface area contributed by atoms with Gasteiger partial charge in [-0.1, -0.05) is 25.5 Å². The number of halogens is 1. The molecule has 17 heavy (non-hydrogen) atoms. The first kappa shape index (κ1) is 14.1. The number of rotatable bonds is 6. The van der Waals surface area contributed by atoms with Crippen LogP contribution in [-0.4, -0.2) is 17.2 Å². The molecule has 0 aliphatic carbocycles. The molecule has 1 aromatic rings. The maximum Gasteiger partial charge on any atom is 0.123 e. The molecule has 1 rings (SSSR count). The maximum absolute atomic E-state index is 13.0. The summed E-state index contributed by atoms with van der Waals surface area (Å²) in [7, 11) is 0. The van der Waals surface area contributed by atoms with Gasteiger partial charge in [0.2, 0.25) is 0 Å². The van der Waals surface area contributed by atoms with Crippen LogP contribution in [-0.2, 0) is 0 Å². The van der Waals surface area contributed by atoms with Gasteiger partial charge >= 0.3 is 0 Å². The van der Waals surface area contributed by atoms with E-state index in [9.17, 15) is 9.50 Å². The van der Waals surface area contributed by atoms with Crippen LogP contribution in [0, 0.1) is 5.82 Å². The summed E-state index contributed by atoms with van der Waals surface area (Å²) in [5.41, 5.74) is 0.619. The van der Waals surface area contributed by atoms with Crippen LogP contribution in [0.15, 0.2) is 24.3 Å². The first-order chi connectivity index (χ1) is 7.94. The molecule has 0 fully saturated rings. The molecule has 0 aromatic heterocycles. The number of hydrogen-bond acceptors (Lipinski definition) is 2. The van der Waals surface area contributed by atoms with Crippen molar-refractivity contribution in [3.8, 4) is 0 Å². The molecule has 0 unspecified atom stereocenters. The van der Waals surface area contributed by atoms with E-state index in [1.807, 2.05) is 0 Å². The Kier molecular flexibility index (Phi) is 5.09. The van der Waals surface area contributed by atoms with Gasteiger partial charge in [-0.2, -0.15) is 0 Å². The van der Waals surface area contributed by atoms with E-state index >= 15 is 0 Å². The van der Waals surface area contributed by atoms with Crippen LogP contribution < -0.4 is 5.32 Å². The SMILES string of the molecule is CCCC(C)(C)NC[C@H](O)c1cccc(F)c1. The van der Waals surface area contributed by atoms with Gasteiger partial charge in [-0.15, -0.1) is 0 Å². The molecular formula is C14H22FNO. The molecule has 1 atom stereocenters. The van der Waals surface area contributed by atoms with E-state index in [1.54, 1.807) is 12.1 Å². The number of aliphatic hydroxyl groups excluding tert-OH is 1. The molecule has 0 aliphatic rings. The highest BCUT2D eigenvalue weighted by atomic mass is 19.1. The van der Waals surface area contributed by atoms with Crippen molar-refractivity contribution in [3.05, 3.63) is 35.6 Å². The molecule has 0 radical (unpaired) electrons. The fourth-order valence-electron chi connectivity index (χ4n) is 1.92. The second-order valence-corrected chi connectivity index (χ2v) is 5.09. The van der Waals surface area contributed by atoms with Crippen molar-refractivity contribution in [1.29, 1.82) is 0 Å². The van der Waals surface area contributed by atoms with Crippen LogP contribution in [0.25, 0.3) is 0 Å². The maximum atomic E-state index is 13.0. The van der Waals surface area contributed by atoms with Crippen molar-refractivity contribution in [3.63, 3.8) is 0 Å². The molecule has 0 heterocycles. The summed E-state index contributed by atoms with van der Waals surface area (Å²) in [5, 5.41) is 13.3. The predicted molar refractivity (Wildman–Crippen MR) is 68.3 cm³/mol. The van der Waals surface area contributed by atoms with Crippen molar-refractivity contribution < 1.29 is 9.50 Å². The molecule has 3 heteroatoms. The summed E-state index contributed by atoms with van der Waals surface area (Å²) < 4.78 is 13.0. The highest BCUT2D eigenvalue weighted by molar-refractivity contribution is 5.19. The lowest BCUT2D eigenvalue weighted by Crippen LogP contribution is -2.41. The van der Waals surface area contributed by atoms with Crippen LogP contribution in [0.4, 0.5) is 4.39 Å². The van der Waals surface area contributed by atoms with Gasteiger partial charge in [-0.05, 0) is 38.0 Å². The lowest BCUT2D eigenvalue weighted by molar-refractivity contribution is 0.158. The number of benzene rings is 1. The van der Waals surface area contributed by atoms with Gasteiger partial charge < -0.3 is 10.4 Å². The summed E-state index contributed by atoms with van der Waals surface area (Å²) in [6.45, 7) is 6.78. The lowest BCUT2D eigenvalue weighted by Gasteiger charge is -2.27. The van der Waals surface area contributed by atoms with E-state index < -0.39 is 6.10 Å². The third kappa shape index (κ3) is 4.84. The molecule has 1 aromatic carbocycles. The Balaban J connectivity index is 2.52. The minimum absolute atomic E-state index is 0.00303. The summed E-state index contributed by atoms with van der Waals surface area (Å²) >= 11 is 0. The monoisotopic (exact) mass is 239 g/mol. The number of aliphatic hydroxyl groups is 1. The van der Waals surface area contributed by atoms with Crippen LogP contribution in [0.3, 0.4) is 0 Å². The van der Waals surface area contributed by atoms with Gasteiger partial charge in [-0.3, -0.25) is 0 Å². The number of nitrogens with one attached hydrogen (secondary N) is 1. The normalized spacial score (nSPS) is 13.7. The molecular weight excluding hydrogens is 217 g/mol. The van der Waals surface area contributed by atoms with E-state index in [4.69, 9.17) is 0 Å². The van der Waals surface area contributed by atoms with Crippen molar-refractivity contribution >= 4 is 0 Å². The molecule has 0 spiro atoms. The minimum atomic E-state index is -0.665. The smallest absolute Gasteiger partial charge is 0.123 e. The van der Waals surface area contributed by atoms with Gasteiger partial charge in [0.15, 0.2) is 0 Å². The van der Waals surface area contributed by atoms with Gasteiger partial charge in [-0.25, -0.2) is 4.39 Å². The van der Waals surface area contributed by atoms with Gasteiger partial charge in [0.1, 0.15) is 5.82 Å². The average molecular weight is 239 g/mol. The van der Waals surface area contributed by atoms with Gasteiger partial charge in [0.25, 0.3) is 0 Å². The Morgan fingerprint density at radius 1 is 1.41 bits per heavy atom. The summed E-state index contributed by atoms with van der Waals surface area (Å²) in [4.78, 5) is 0. The van der Waals surface area contributed by atoms with Gasteiger partial charge in [0, 0.05) is 12.1 Å². The van der Waals surface area contributed by atoms with E-state index in [2.05, 4.69) is 26.1 Å². The Morgan fingerprint density at radius 2 is 2.12 bits per heavy atom. The molecule has 2 nitrogen and oxygen atoms in total. The zero-order chi connectivity index (χ0) is 12.9. The zero-order valence-corrected chi connectivity index (χ0v) is 10.8. The van der Waals surface area contributed by atoms with Crippen LogP contribution in [0.1, 0.15) is 45.3 Å². The number of hydrogen-bond donors (Lipinski definition) is 2. The van der Waals surface area contributed by atoms with Crippen LogP contribution in [0.5, 0.6) is 0 Å². The zero-order valence-electron chi connectivity index (χ0n) is 10.8. The van der Waals surface area contributed by atoms with Gasteiger partial charge in [0.05, 0.1) is 6.10 Å². The number of β-amino-alcohol motifs (C(OH)–C–C–N with tert-alkyl or cyclic N) is 1. The largest absolute Gasteiger partial charge is 0.387 e. The van der Waals surface area contributed by atoms with E-state index in [0.717, 1.165) is 12.8 Å². The van der Waals surface area contributed by atoms with Crippen molar-refractivity contribution in [2.45, 2.75) is 45.3 Å². The van der Waals surface area contributed by atoms with Crippen LogP contribution in [0.2, 0.25) is 0 Å². The minimum Gasteiger partial charge on any atom is -0.387 e. The Morgan fingerprint density at radius 3 is 2.71 bits per heavy atom. The Bertz CT molecular complexity index is 352. The van der Waals surface area contributed by atoms with E-state index in [0.29, 0.717) is 12.1 Å². The lowest BCUT2D eigenvalue weighted by atomic mass is 9.98. The summed E-state index contributed by atoms with van der Waals surface area (Å²) in [5.74, 6) is -0.311. The average Bonchev–Trinajstić information content (AvgIpc) is 2.26. The van der Waals surface area contributed by atoms with Crippen molar-refractivity contribution in [2.75, 3.05) is 6.54 Å². The molecule has 2 N–H and O–H groups in total. The first-order valence-corrected chi connectivity index (χ1v) is 6.13. The first-order valence-electron chi connectivity index (χ1n) is 6.13. The summed E-state index contributed by atoms with van der Waals surface area (Å²) in [6.07, 6.45) is 1.47. The topological polar surface area (TPSA) is 32.3 Å². The van der Waals surface area contributed by atoms with Crippen molar-refractivity contribution in [2.24, 2.45) is 0 Å². The predicted octanol–water partition coefficient (Wildman–Crippen LogP) is 3.03. The molecule has 0 aliphatic heterocycles. The molecule has 96 valence electrons. The fourth-order valence-corrected chi connectivity index (χ4v) is 1.92. The highest BCUT2D eigenvalue weighted by Gasteiger charge is 2.17. The van der Waals surface area contributed by atoms with Crippen molar-refractivity contribution in [1.82, 2.24) is 5.32 Å².